The molecular weight excluding hydrogens is 252 g/mol. The molecule has 0 amide bonds. The summed E-state index contributed by atoms with van der Waals surface area (Å²) in [5.41, 5.74) is 0.673. The van der Waals surface area contributed by atoms with E-state index in [1.807, 2.05) is 0 Å². The van der Waals surface area contributed by atoms with E-state index >= 15 is 0 Å². The maximum atomic E-state index is 11.1. The van der Waals surface area contributed by atoms with Crippen molar-refractivity contribution in [1.29, 1.82) is 0 Å². The predicted molar refractivity (Wildman–Crippen MR) is 73.3 cm³/mol. The molecule has 1 heterocycles. The molecule has 1 aromatic carbocycles. The molecule has 1 fully saturated rings. The van der Waals surface area contributed by atoms with Crippen molar-refractivity contribution in [2.24, 2.45) is 11.8 Å². The zero-order valence-electron chi connectivity index (χ0n) is 10.6. The average molecular weight is 269 g/mol. The van der Waals surface area contributed by atoms with E-state index in [1.54, 1.807) is 12.1 Å². The van der Waals surface area contributed by atoms with Gasteiger partial charge < -0.3 is 4.90 Å². The van der Waals surface area contributed by atoms with Crippen LogP contribution in [-0.2, 0) is 0 Å². The maximum Gasteiger partial charge on any atom is 0.294 e. The predicted octanol–water partition coefficient (Wildman–Crippen LogP) is 3.73. The van der Waals surface area contributed by atoms with E-state index in [4.69, 9.17) is 11.6 Å². The van der Waals surface area contributed by atoms with Crippen LogP contribution in [0.2, 0.25) is 5.02 Å². The quantitative estimate of drug-likeness (QED) is 0.606. The van der Waals surface area contributed by atoms with Crippen molar-refractivity contribution in [3.63, 3.8) is 0 Å². The lowest BCUT2D eigenvalue weighted by molar-refractivity contribution is -0.384. The Labute approximate surface area is 112 Å². The number of para-hydroxylation sites is 1. The first-order chi connectivity index (χ1) is 8.49. The Morgan fingerprint density at radius 2 is 1.94 bits per heavy atom. The van der Waals surface area contributed by atoms with Gasteiger partial charge in [-0.1, -0.05) is 31.5 Å². The van der Waals surface area contributed by atoms with Crippen molar-refractivity contribution in [3.8, 4) is 0 Å². The van der Waals surface area contributed by atoms with Crippen molar-refractivity contribution in [1.82, 2.24) is 0 Å². The van der Waals surface area contributed by atoms with Gasteiger partial charge in [0.1, 0.15) is 5.69 Å². The SMILES string of the molecule is C[C@@H]1C[C@@H](C)CN(c2c(Cl)cccc2[N+](=O)[O-])C1. The van der Waals surface area contributed by atoms with Crippen molar-refractivity contribution < 1.29 is 4.92 Å². The van der Waals surface area contributed by atoms with Gasteiger partial charge in [0, 0.05) is 19.2 Å². The lowest BCUT2D eigenvalue weighted by Crippen LogP contribution is -2.39. The summed E-state index contributed by atoms with van der Waals surface area (Å²) >= 11 is 6.16. The highest BCUT2D eigenvalue weighted by atomic mass is 35.5. The fraction of sp³-hybridized carbons (Fsp3) is 0.538. The van der Waals surface area contributed by atoms with Crippen molar-refractivity contribution in [2.45, 2.75) is 20.3 Å². The summed E-state index contributed by atoms with van der Waals surface area (Å²) in [5.74, 6) is 1.06. The first-order valence-corrected chi connectivity index (χ1v) is 6.54. The van der Waals surface area contributed by atoms with Gasteiger partial charge in [-0.2, -0.15) is 0 Å². The number of hydrogen-bond donors (Lipinski definition) is 0. The Morgan fingerprint density at radius 3 is 2.50 bits per heavy atom. The number of hydrogen-bond acceptors (Lipinski definition) is 3. The highest BCUT2D eigenvalue weighted by molar-refractivity contribution is 6.33. The summed E-state index contributed by atoms with van der Waals surface area (Å²) in [7, 11) is 0. The average Bonchev–Trinajstić information content (AvgIpc) is 2.26. The van der Waals surface area contributed by atoms with Gasteiger partial charge in [-0.05, 0) is 24.3 Å². The highest BCUT2D eigenvalue weighted by Crippen LogP contribution is 2.38. The second kappa shape index (κ2) is 5.14. The molecule has 2 rings (SSSR count). The van der Waals surface area contributed by atoms with E-state index in [-0.39, 0.29) is 10.6 Å². The Kier molecular flexibility index (Phi) is 3.76. The molecule has 0 saturated carbocycles. The summed E-state index contributed by atoms with van der Waals surface area (Å²) in [4.78, 5) is 12.8. The maximum absolute atomic E-state index is 11.1. The number of rotatable bonds is 2. The van der Waals surface area contributed by atoms with E-state index in [0.29, 0.717) is 22.5 Å². The van der Waals surface area contributed by atoms with Crippen LogP contribution < -0.4 is 4.90 Å². The Balaban J connectivity index is 2.40. The van der Waals surface area contributed by atoms with Gasteiger partial charge in [-0.25, -0.2) is 0 Å². The summed E-state index contributed by atoms with van der Waals surface area (Å²) in [5, 5.41) is 11.6. The molecule has 0 aliphatic carbocycles. The highest BCUT2D eigenvalue weighted by Gasteiger charge is 2.28. The number of nitrogens with zero attached hydrogens (tertiary/aromatic N) is 2. The molecule has 4 nitrogen and oxygen atoms in total. The molecule has 0 spiro atoms. The molecule has 2 atom stereocenters. The third kappa shape index (κ3) is 2.58. The summed E-state index contributed by atoms with van der Waals surface area (Å²) < 4.78 is 0. The van der Waals surface area contributed by atoms with Crippen LogP contribution in [0.3, 0.4) is 0 Å². The van der Waals surface area contributed by atoms with Crippen molar-refractivity contribution in [2.75, 3.05) is 18.0 Å². The van der Waals surface area contributed by atoms with Crippen LogP contribution in [0.15, 0.2) is 18.2 Å². The minimum Gasteiger partial charge on any atom is -0.364 e. The van der Waals surface area contributed by atoms with Gasteiger partial charge in [-0.15, -0.1) is 0 Å². The fourth-order valence-corrected chi connectivity index (χ4v) is 3.10. The molecule has 98 valence electrons. The summed E-state index contributed by atoms with van der Waals surface area (Å²) in [6.07, 6.45) is 1.16. The van der Waals surface area contributed by atoms with Crippen molar-refractivity contribution in [3.05, 3.63) is 33.3 Å². The Hall–Kier alpha value is -1.29. The largest absolute Gasteiger partial charge is 0.364 e. The van der Waals surface area contributed by atoms with Gasteiger partial charge in [0.25, 0.3) is 5.69 Å². The molecule has 1 aliphatic heterocycles. The fourth-order valence-electron chi connectivity index (χ4n) is 2.81. The second-order valence-corrected chi connectivity index (χ2v) is 5.62. The normalized spacial score (nSPS) is 24.1. The molecule has 1 saturated heterocycles. The Bertz CT molecular complexity index is 454. The molecular formula is C13H17ClN2O2. The van der Waals surface area contributed by atoms with Crippen LogP contribution in [0.5, 0.6) is 0 Å². The first-order valence-electron chi connectivity index (χ1n) is 6.17. The number of halogens is 1. The molecule has 0 unspecified atom stereocenters. The van der Waals surface area contributed by atoms with Gasteiger partial charge in [0.15, 0.2) is 0 Å². The molecule has 18 heavy (non-hydrogen) atoms. The van der Waals surface area contributed by atoms with Gasteiger partial charge >= 0.3 is 0 Å². The summed E-state index contributed by atoms with van der Waals surface area (Å²) in [6.45, 7) is 6.00. The van der Waals surface area contributed by atoms with E-state index in [0.717, 1.165) is 19.5 Å². The van der Waals surface area contributed by atoms with Crippen LogP contribution in [0.1, 0.15) is 20.3 Å². The van der Waals surface area contributed by atoms with Crippen LogP contribution >= 0.6 is 11.6 Å². The number of anilines is 1. The minimum atomic E-state index is -0.356. The number of nitro benzene ring substituents is 1. The number of piperidine rings is 1. The van der Waals surface area contributed by atoms with Crippen LogP contribution in [0.25, 0.3) is 0 Å². The zero-order valence-corrected chi connectivity index (χ0v) is 11.4. The van der Waals surface area contributed by atoms with Gasteiger partial charge in [0.05, 0.1) is 9.95 Å². The van der Waals surface area contributed by atoms with E-state index < -0.39 is 0 Å². The van der Waals surface area contributed by atoms with Crippen LogP contribution in [0.4, 0.5) is 11.4 Å². The van der Waals surface area contributed by atoms with Gasteiger partial charge in [0.2, 0.25) is 0 Å². The van der Waals surface area contributed by atoms with E-state index in [1.165, 1.54) is 6.07 Å². The third-order valence-electron chi connectivity index (χ3n) is 3.35. The van der Waals surface area contributed by atoms with E-state index in [2.05, 4.69) is 18.7 Å². The first kappa shape index (κ1) is 13.1. The lowest BCUT2D eigenvalue weighted by Gasteiger charge is -2.36. The molecule has 5 heteroatoms. The second-order valence-electron chi connectivity index (χ2n) is 5.22. The molecule has 1 aromatic rings. The van der Waals surface area contributed by atoms with Crippen molar-refractivity contribution >= 4 is 23.0 Å². The van der Waals surface area contributed by atoms with E-state index in [9.17, 15) is 10.1 Å². The smallest absolute Gasteiger partial charge is 0.294 e. The minimum absolute atomic E-state index is 0.101. The molecule has 1 aliphatic rings. The molecule has 0 bridgehead atoms. The monoisotopic (exact) mass is 268 g/mol. The van der Waals surface area contributed by atoms with Crippen LogP contribution in [-0.4, -0.2) is 18.0 Å². The number of benzene rings is 1. The molecule has 0 radical (unpaired) electrons. The Morgan fingerprint density at radius 1 is 1.33 bits per heavy atom. The number of nitro groups is 1. The van der Waals surface area contributed by atoms with Gasteiger partial charge in [-0.3, -0.25) is 10.1 Å². The lowest BCUT2D eigenvalue weighted by atomic mass is 9.91. The molecule has 0 N–H and O–H groups in total. The topological polar surface area (TPSA) is 46.4 Å². The third-order valence-corrected chi connectivity index (χ3v) is 3.65. The summed E-state index contributed by atoms with van der Waals surface area (Å²) in [6, 6.07) is 4.86. The van der Waals surface area contributed by atoms with Crippen LogP contribution in [0, 0.1) is 22.0 Å². The standard InChI is InChI=1S/C13H17ClN2O2/c1-9-6-10(2)8-15(7-9)13-11(14)4-3-5-12(13)16(17)18/h3-5,9-10H,6-8H2,1-2H3/t9-,10-/m1/s1. The zero-order chi connectivity index (χ0) is 13.3. The molecule has 0 aromatic heterocycles.